The molecule has 0 saturated heterocycles. The lowest BCUT2D eigenvalue weighted by Gasteiger charge is -2.26. The molecule has 0 heterocycles. The molecule has 0 aromatic heterocycles. The van der Waals surface area contributed by atoms with E-state index < -0.39 is 5.97 Å². The Morgan fingerprint density at radius 3 is 2.75 bits per heavy atom. The van der Waals surface area contributed by atoms with Gasteiger partial charge in [0, 0.05) is 5.92 Å². The minimum Gasteiger partial charge on any atom is -0.452 e. The molecule has 1 aliphatic rings. The number of alkyl halides is 1. The van der Waals surface area contributed by atoms with E-state index in [9.17, 15) is 4.79 Å². The molecule has 0 spiro atoms. The molecular formula is C9H11BrO2. The van der Waals surface area contributed by atoms with Crippen LogP contribution in [0.25, 0.3) is 0 Å². The number of hydrogen-bond acceptors (Lipinski definition) is 2. The van der Waals surface area contributed by atoms with Crippen LogP contribution >= 0.6 is 15.9 Å². The van der Waals surface area contributed by atoms with Crippen LogP contribution in [0.4, 0.5) is 0 Å². The van der Waals surface area contributed by atoms with Crippen LogP contribution in [0.3, 0.4) is 0 Å². The largest absolute Gasteiger partial charge is 0.452 e. The minimum absolute atomic E-state index is 0.0256. The van der Waals surface area contributed by atoms with Crippen molar-refractivity contribution < 1.29 is 9.53 Å². The molecule has 0 amide bonds. The molecule has 0 radical (unpaired) electrons. The fraction of sp³-hybridized carbons (Fsp3) is 0.667. The van der Waals surface area contributed by atoms with Gasteiger partial charge in [-0.3, -0.25) is 0 Å². The van der Waals surface area contributed by atoms with Crippen LogP contribution in [0.2, 0.25) is 0 Å². The van der Waals surface area contributed by atoms with Gasteiger partial charge >= 0.3 is 5.97 Å². The Morgan fingerprint density at radius 1 is 1.50 bits per heavy atom. The molecule has 1 aliphatic carbocycles. The average Bonchev–Trinajstić information content (AvgIpc) is 2.09. The maximum Gasteiger partial charge on any atom is 0.384 e. The molecule has 66 valence electrons. The quantitative estimate of drug-likeness (QED) is 0.298. The molecule has 2 nitrogen and oxygen atoms in total. The third-order valence-corrected chi connectivity index (χ3v) is 3.05. The summed E-state index contributed by atoms with van der Waals surface area (Å²) >= 11 is 3.47. The summed E-state index contributed by atoms with van der Waals surface area (Å²) < 4.78 is 5.03. The smallest absolute Gasteiger partial charge is 0.384 e. The maximum absolute atomic E-state index is 10.7. The SMILES string of the molecule is C#CC(=O)O[C@H]1CCCC[C@@H]1Br. The van der Waals surface area contributed by atoms with Crippen molar-refractivity contribution >= 4 is 21.9 Å². The summed E-state index contributed by atoms with van der Waals surface area (Å²) in [7, 11) is 0. The van der Waals surface area contributed by atoms with E-state index in [4.69, 9.17) is 11.2 Å². The van der Waals surface area contributed by atoms with Crippen LogP contribution in [-0.4, -0.2) is 16.9 Å². The molecule has 1 saturated carbocycles. The van der Waals surface area contributed by atoms with Gasteiger partial charge < -0.3 is 4.74 Å². The summed E-state index contributed by atoms with van der Waals surface area (Å²) in [5, 5.41) is 0. The summed E-state index contributed by atoms with van der Waals surface area (Å²) in [5.41, 5.74) is 0. The Bertz CT molecular complexity index is 207. The van der Waals surface area contributed by atoms with Crippen molar-refractivity contribution in [2.75, 3.05) is 0 Å². The number of halogens is 1. The maximum atomic E-state index is 10.7. The second-order valence-electron chi connectivity index (χ2n) is 2.89. The first-order valence-corrected chi connectivity index (χ1v) is 4.97. The van der Waals surface area contributed by atoms with Gasteiger partial charge in [0.15, 0.2) is 0 Å². The lowest BCUT2D eigenvalue weighted by molar-refractivity contribution is -0.142. The highest BCUT2D eigenvalue weighted by molar-refractivity contribution is 9.09. The van der Waals surface area contributed by atoms with E-state index in [1.807, 2.05) is 5.92 Å². The molecule has 1 rings (SSSR count). The lowest BCUT2D eigenvalue weighted by atomic mass is 9.98. The number of rotatable bonds is 1. The van der Waals surface area contributed by atoms with Gasteiger partial charge in [0.25, 0.3) is 0 Å². The Labute approximate surface area is 80.8 Å². The van der Waals surface area contributed by atoms with Gasteiger partial charge in [0.2, 0.25) is 0 Å². The van der Waals surface area contributed by atoms with Gasteiger partial charge in [-0.1, -0.05) is 22.4 Å². The first kappa shape index (κ1) is 9.60. The van der Waals surface area contributed by atoms with Gasteiger partial charge in [0.1, 0.15) is 6.10 Å². The number of terminal acetylenes is 1. The van der Waals surface area contributed by atoms with E-state index in [-0.39, 0.29) is 10.9 Å². The van der Waals surface area contributed by atoms with Crippen LogP contribution in [-0.2, 0) is 9.53 Å². The fourth-order valence-electron chi connectivity index (χ4n) is 1.36. The molecule has 1 fully saturated rings. The summed E-state index contributed by atoms with van der Waals surface area (Å²) in [4.78, 5) is 11.0. The monoisotopic (exact) mass is 230 g/mol. The summed E-state index contributed by atoms with van der Waals surface area (Å²) in [5.74, 6) is 1.40. The highest BCUT2D eigenvalue weighted by atomic mass is 79.9. The van der Waals surface area contributed by atoms with E-state index in [1.54, 1.807) is 0 Å². The second-order valence-corrected chi connectivity index (χ2v) is 4.06. The molecule has 0 aromatic carbocycles. The molecular weight excluding hydrogens is 220 g/mol. The van der Waals surface area contributed by atoms with Gasteiger partial charge in [-0.15, -0.1) is 6.42 Å². The molecule has 0 aromatic rings. The predicted molar refractivity (Wildman–Crippen MR) is 49.9 cm³/mol. The molecule has 0 N–H and O–H groups in total. The van der Waals surface area contributed by atoms with Crippen molar-refractivity contribution in [2.45, 2.75) is 36.6 Å². The van der Waals surface area contributed by atoms with Crippen LogP contribution in [0.5, 0.6) is 0 Å². The standard InChI is InChI=1S/C9H11BrO2/c1-2-9(11)12-8-6-4-3-5-7(8)10/h1,7-8H,3-6H2/t7-,8-/m0/s1. The normalized spacial score (nSPS) is 29.0. The topological polar surface area (TPSA) is 26.3 Å². The molecule has 12 heavy (non-hydrogen) atoms. The van der Waals surface area contributed by atoms with Crippen molar-refractivity contribution in [3.8, 4) is 12.3 Å². The van der Waals surface area contributed by atoms with E-state index in [0.29, 0.717) is 0 Å². The molecule has 2 atom stereocenters. The average molecular weight is 231 g/mol. The third-order valence-electron chi connectivity index (χ3n) is 2.00. The zero-order chi connectivity index (χ0) is 8.97. The highest BCUT2D eigenvalue weighted by Crippen LogP contribution is 2.26. The molecule has 0 unspecified atom stereocenters. The van der Waals surface area contributed by atoms with E-state index in [1.165, 1.54) is 6.42 Å². The fourth-order valence-corrected chi connectivity index (χ4v) is 2.05. The molecule has 0 aliphatic heterocycles. The Morgan fingerprint density at radius 2 is 2.17 bits per heavy atom. The van der Waals surface area contributed by atoms with Crippen LogP contribution in [0.1, 0.15) is 25.7 Å². The van der Waals surface area contributed by atoms with Crippen molar-refractivity contribution in [1.29, 1.82) is 0 Å². The van der Waals surface area contributed by atoms with Gasteiger partial charge in [-0.05, 0) is 19.3 Å². The second kappa shape index (κ2) is 4.51. The van der Waals surface area contributed by atoms with E-state index in [0.717, 1.165) is 19.3 Å². The minimum atomic E-state index is -0.550. The number of ether oxygens (including phenoxy) is 1. The first-order valence-electron chi connectivity index (χ1n) is 4.05. The van der Waals surface area contributed by atoms with E-state index in [2.05, 4.69) is 15.9 Å². The van der Waals surface area contributed by atoms with E-state index >= 15 is 0 Å². The van der Waals surface area contributed by atoms with Crippen molar-refractivity contribution in [1.82, 2.24) is 0 Å². The predicted octanol–water partition coefficient (Wildman–Crippen LogP) is 1.87. The van der Waals surface area contributed by atoms with Crippen molar-refractivity contribution in [3.05, 3.63) is 0 Å². The van der Waals surface area contributed by atoms with Crippen LogP contribution in [0, 0.1) is 12.3 Å². The van der Waals surface area contributed by atoms with Crippen LogP contribution in [0.15, 0.2) is 0 Å². The Kier molecular flexibility index (Phi) is 3.61. The Balaban J connectivity index is 2.40. The number of carbonyl (C=O) groups excluding carboxylic acids is 1. The van der Waals surface area contributed by atoms with Crippen LogP contribution < -0.4 is 0 Å². The summed E-state index contributed by atoms with van der Waals surface area (Å²) in [6, 6.07) is 0. The van der Waals surface area contributed by atoms with Gasteiger partial charge in [-0.2, -0.15) is 0 Å². The Hall–Kier alpha value is -0.490. The van der Waals surface area contributed by atoms with Gasteiger partial charge in [-0.25, -0.2) is 4.79 Å². The summed E-state index contributed by atoms with van der Waals surface area (Å²) in [6.07, 6.45) is 9.16. The zero-order valence-corrected chi connectivity index (χ0v) is 8.34. The first-order chi connectivity index (χ1) is 5.74. The van der Waals surface area contributed by atoms with Crippen molar-refractivity contribution in [3.63, 3.8) is 0 Å². The van der Waals surface area contributed by atoms with Gasteiger partial charge in [0.05, 0.1) is 4.83 Å². The number of esters is 1. The molecule has 3 heteroatoms. The summed E-state index contributed by atoms with van der Waals surface area (Å²) in [6.45, 7) is 0. The highest BCUT2D eigenvalue weighted by Gasteiger charge is 2.25. The number of carbonyl (C=O) groups is 1. The zero-order valence-electron chi connectivity index (χ0n) is 6.75. The van der Waals surface area contributed by atoms with Crippen molar-refractivity contribution in [2.24, 2.45) is 0 Å². The lowest BCUT2D eigenvalue weighted by Crippen LogP contribution is -2.29. The third kappa shape index (κ3) is 2.53. The number of hydrogen-bond donors (Lipinski definition) is 0. The molecule has 0 bridgehead atoms.